The number of thiophene rings is 1. The first kappa shape index (κ1) is 19.3. The van der Waals surface area contributed by atoms with Crippen molar-refractivity contribution in [2.24, 2.45) is 0 Å². The minimum atomic E-state index is -0.142. The number of hydrogen-bond donors (Lipinski definition) is 2. The molecule has 25 heavy (non-hydrogen) atoms. The number of benzene rings is 1. The van der Waals surface area contributed by atoms with Crippen LogP contribution in [0.25, 0.3) is 0 Å². The third-order valence-electron chi connectivity index (χ3n) is 4.28. The number of nitrogens with zero attached hydrogens (tertiary/aromatic N) is 1. The Morgan fingerprint density at radius 2 is 2.16 bits per heavy atom. The smallest absolute Gasteiger partial charge is 0.264 e. The normalized spacial score (nSPS) is 15.6. The predicted octanol–water partition coefficient (Wildman–Crippen LogP) is 3.02. The summed E-state index contributed by atoms with van der Waals surface area (Å²) < 4.78 is 0. The summed E-state index contributed by atoms with van der Waals surface area (Å²) in [5.74, 6) is -0.269. The highest BCUT2D eigenvalue weighted by Gasteiger charge is 2.23. The van der Waals surface area contributed by atoms with Gasteiger partial charge in [-0.25, -0.2) is 0 Å². The van der Waals surface area contributed by atoms with Crippen LogP contribution < -0.4 is 11.1 Å². The predicted molar refractivity (Wildman–Crippen MR) is 103 cm³/mol. The van der Waals surface area contributed by atoms with Gasteiger partial charge in [-0.3, -0.25) is 9.59 Å². The molecule has 2 aromatic rings. The molecule has 3 rings (SSSR count). The summed E-state index contributed by atoms with van der Waals surface area (Å²) in [5, 5.41) is 4.91. The molecule has 1 atom stereocenters. The van der Waals surface area contributed by atoms with Crippen LogP contribution in [0.15, 0.2) is 35.7 Å². The van der Waals surface area contributed by atoms with Crippen molar-refractivity contribution in [2.75, 3.05) is 19.3 Å². The van der Waals surface area contributed by atoms with Gasteiger partial charge in [-0.05, 0) is 54.0 Å². The van der Waals surface area contributed by atoms with E-state index < -0.39 is 0 Å². The van der Waals surface area contributed by atoms with Crippen molar-refractivity contribution in [3.05, 3.63) is 51.7 Å². The van der Waals surface area contributed by atoms with Gasteiger partial charge in [0, 0.05) is 12.7 Å². The monoisotopic (exact) mass is 379 g/mol. The Morgan fingerprint density at radius 3 is 2.88 bits per heavy atom. The summed E-state index contributed by atoms with van der Waals surface area (Å²) in [5.41, 5.74) is 8.93. The van der Waals surface area contributed by atoms with Gasteiger partial charge in [0.2, 0.25) is 5.91 Å². The molecule has 1 aromatic heterocycles. The lowest BCUT2D eigenvalue weighted by molar-refractivity contribution is -0.122. The van der Waals surface area contributed by atoms with Gasteiger partial charge in [0.15, 0.2) is 0 Å². The molecular weight excluding hydrogens is 358 g/mol. The number of aryl methyl sites for hydroxylation is 1. The summed E-state index contributed by atoms with van der Waals surface area (Å²) in [6.45, 7) is 0.0531. The number of halogens is 1. The van der Waals surface area contributed by atoms with E-state index in [0.717, 1.165) is 30.5 Å². The zero-order chi connectivity index (χ0) is 17.1. The summed E-state index contributed by atoms with van der Waals surface area (Å²) in [7, 11) is 1.65. The fraction of sp³-hybridized carbons (Fsp3) is 0.333. The van der Waals surface area contributed by atoms with Crippen molar-refractivity contribution in [3.8, 4) is 0 Å². The Bertz CT molecular complexity index is 749. The van der Waals surface area contributed by atoms with Crippen LogP contribution in [0.4, 0.5) is 5.69 Å². The van der Waals surface area contributed by atoms with Crippen LogP contribution in [-0.4, -0.2) is 30.3 Å². The lowest BCUT2D eigenvalue weighted by Crippen LogP contribution is -2.40. The third-order valence-corrected chi connectivity index (χ3v) is 5.13. The maximum Gasteiger partial charge on any atom is 0.264 e. The van der Waals surface area contributed by atoms with Crippen LogP contribution in [0.3, 0.4) is 0 Å². The first-order chi connectivity index (χ1) is 11.5. The van der Waals surface area contributed by atoms with Crippen molar-refractivity contribution in [2.45, 2.75) is 25.3 Å². The highest BCUT2D eigenvalue weighted by Crippen LogP contribution is 2.30. The Morgan fingerprint density at radius 1 is 1.36 bits per heavy atom. The van der Waals surface area contributed by atoms with Gasteiger partial charge in [0.05, 0.1) is 17.5 Å². The van der Waals surface area contributed by atoms with Gasteiger partial charge >= 0.3 is 0 Å². The Balaban J connectivity index is 0.00000225. The molecule has 1 aromatic carbocycles. The molecule has 0 saturated carbocycles. The molecular formula is C18H22ClN3O2S. The largest absolute Gasteiger partial charge is 0.399 e. The molecule has 0 radical (unpaired) electrons. The minimum Gasteiger partial charge on any atom is -0.399 e. The molecule has 0 saturated heterocycles. The molecule has 7 heteroatoms. The first-order valence-electron chi connectivity index (χ1n) is 8.01. The van der Waals surface area contributed by atoms with Crippen molar-refractivity contribution in [1.82, 2.24) is 10.2 Å². The van der Waals surface area contributed by atoms with E-state index in [1.165, 1.54) is 21.8 Å². The molecule has 0 fully saturated rings. The average molecular weight is 380 g/mol. The van der Waals surface area contributed by atoms with E-state index in [2.05, 4.69) is 5.32 Å². The number of likely N-dealkylation sites (N-methyl/N-ethyl adjacent to an activating group) is 1. The maximum atomic E-state index is 12.3. The lowest BCUT2D eigenvalue weighted by atomic mass is 9.87. The van der Waals surface area contributed by atoms with Gasteiger partial charge in [0.1, 0.15) is 0 Å². The van der Waals surface area contributed by atoms with Crippen LogP contribution in [0.1, 0.15) is 39.7 Å². The minimum absolute atomic E-state index is 0. The maximum absolute atomic E-state index is 12.3. The number of fused-ring (bicyclic) bond motifs is 1. The van der Waals surface area contributed by atoms with E-state index >= 15 is 0 Å². The van der Waals surface area contributed by atoms with Crippen molar-refractivity contribution in [3.63, 3.8) is 0 Å². The zero-order valence-electron chi connectivity index (χ0n) is 14.0. The van der Waals surface area contributed by atoms with E-state index in [4.69, 9.17) is 5.73 Å². The second-order valence-corrected chi connectivity index (χ2v) is 7.06. The number of carbonyl (C=O) groups is 2. The number of nitrogen functional groups attached to an aromatic ring is 1. The molecule has 1 aliphatic rings. The highest BCUT2D eigenvalue weighted by atomic mass is 35.5. The number of rotatable bonds is 4. The second kappa shape index (κ2) is 8.36. The van der Waals surface area contributed by atoms with Crippen LogP contribution in [0, 0.1) is 0 Å². The Labute approximate surface area is 157 Å². The quantitative estimate of drug-likeness (QED) is 0.802. The summed E-state index contributed by atoms with van der Waals surface area (Å²) in [6, 6.07) is 9.44. The lowest BCUT2D eigenvalue weighted by Gasteiger charge is -2.27. The fourth-order valence-corrected chi connectivity index (χ4v) is 3.82. The first-order valence-corrected chi connectivity index (χ1v) is 8.89. The number of nitrogens with one attached hydrogen (secondary N) is 1. The van der Waals surface area contributed by atoms with Gasteiger partial charge in [0.25, 0.3) is 5.91 Å². The molecule has 1 heterocycles. The number of nitrogens with two attached hydrogens (primary N) is 1. The topological polar surface area (TPSA) is 75.4 Å². The average Bonchev–Trinajstić information content (AvgIpc) is 3.08. The number of anilines is 1. The van der Waals surface area contributed by atoms with Gasteiger partial charge < -0.3 is 16.0 Å². The van der Waals surface area contributed by atoms with E-state index in [9.17, 15) is 9.59 Å². The van der Waals surface area contributed by atoms with Crippen LogP contribution in [-0.2, 0) is 11.2 Å². The molecule has 3 N–H and O–H groups in total. The second-order valence-electron chi connectivity index (χ2n) is 6.11. The third kappa shape index (κ3) is 4.52. The van der Waals surface area contributed by atoms with E-state index in [-0.39, 0.29) is 36.8 Å². The molecule has 134 valence electrons. The highest BCUT2D eigenvalue weighted by molar-refractivity contribution is 7.12. The van der Waals surface area contributed by atoms with Crippen molar-refractivity contribution >= 4 is 41.2 Å². The Kier molecular flexibility index (Phi) is 6.45. The standard InChI is InChI=1S/C18H21N3O2S.ClH/c1-21(18(23)16-6-3-9-24-16)11-17(22)20-15-5-2-4-12-10-13(19)7-8-14(12)15;/h3,6-10,15H,2,4-5,11,19H2,1H3,(H,20,22);1H. The van der Waals surface area contributed by atoms with Crippen molar-refractivity contribution in [1.29, 1.82) is 0 Å². The van der Waals surface area contributed by atoms with Crippen LogP contribution in [0.2, 0.25) is 0 Å². The molecule has 0 bridgehead atoms. The fourth-order valence-electron chi connectivity index (χ4n) is 3.10. The van der Waals surface area contributed by atoms with Crippen molar-refractivity contribution < 1.29 is 9.59 Å². The van der Waals surface area contributed by atoms with Crippen LogP contribution >= 0.6 is 23.7 Å². The summed E-state index contributed by atoms with van der Waals surface area (Å²) in [4.78, 5) is 26.7. The van der Waals surface area contributed by atoms with Gasteiger partial charge in [-0.2, -0.15) is 0 Å². The van der Waals surface area contributed by atoms with Crippen LogP contribution in [0.5, 0.6) is 0 Å². The van der Waals surface area contributed by atoms with E-state index in [0.29, 0.717) is 4.88 Å². The molecule has 2 amide bonds. The van der Waals surface area contributed by atoms with Gasteiger partial charge in [-0.1, -0.05) is 12.1 Å². The molecule has 1 aliphatic carbocycles. The van der Waals surface area contributed by atoms with E-state index in [1.54, 1.807) is 13.1 Å². The summed E-state index contributed by atoms with van der Waals surface area (Å²) in [6.07, 6.45) is 2.92. The molecule has 5 nitrogen and oxygen atoms in total. The molecule has 0 aliphatic heterocycles. The number of carbonyl (C=O) groups excluding carboxylic acids is 2. The number of hydrogen-bond acceptors (Lipinski definition) is 4. The zero-order valence-corrected chi connectivity index (χ0v) is 15.7. The van der Waals surface area contributed by atoms with Gasteiger partial charge in [-0.15, -0.1) is 23.7 Å². The Hall–Kier alpha value is -2.05. The summed E-state index contributed by atoms with van der Waals surface area (Å²) >= 11 is 1.38. The molecule has 1 unspecified atom stereocenters. The number of amides is 2. The SMILES string of the molecule is CN(CC(=O)NC1CCCc2cc(N)ccc21)C(=O)c1cccs1.Cl. The molecule has 0 spiro atoms. The van der Waals surface area contributed by atoms with E-state index in [1.807, 2.05) is 29.6 Å².